The minimum atomic E-state index is 1.19. The molecule has 1 aromatic carbocycles. The summed E-state index contributed by atoms with van der Waals surface area (Å²) in [5.41, 5.74) is 6.22. The summed E-state index contributed by atoms with van der Waals surface area (Å²) < 4.78 is 2.18. The van der Waals surface area contributed by atoms with Gasteiger partial charge in [-0.25, -0.2) is 0 Å². The van der Waals surface area contributed by atoms with Crippen molar-refractivity contribution in [3.63, 3.8) is 0 Å². The van der Waals surface area contributed by atoms with Crippen LogP contribution in [0.1, 0.15) is 11.1 Å². The molecule has 98 valence electrons. The summed E-state index contributed by atoms with van der Waals surface area (Å²) in [5.74, 6) is 0. The second-order valence-electron chi connectivity index (χ2n) is 4.97. The van der Waals surface area contributed by atoms with Crippen LogP contribution in [0.25, 0.3) is 16.8 Å². The van der Waals surface area contributed by atoms with Gasteiger partial charge in [-0.2, -0.15) is 4.57 Å². The van der Waals surface area contributed by atoms with Crippen molar-refractivity contribution in [3.05, 3.63) is 78.4 Å². The summed E-state index contributed by atoms with van der Waals surface area (Å²) in [5, 5.41) is 0. The number of rotatable bonds is 2. The van der Waals surface area contributed by atoms with Gasteiger partial charge in [-0.3, -0.25) is 4.98 Å². The standard InChI is InChI=1S/C18H17N2/c1-14-4-3-5-15(2)18(14)20-12-8-17(9-13-20)16-6-10-19-11-7-16/h3-13H,1-2H3/q+1. The number of hydrogen-bond acceptors (Lipinski definition) is 1. The van der Waals surface area contributed by atoms with Crippen LogP contribution in [0.2, 0.25) is 0 Å². The lowest BCUT2D eigenvalue weighted by molar-refractivity contribution is -0.596. The fourth-order valence-electron chi connectivity index (χ4n) is 2.53. The highest BCUT2D eigenvalue weighted by atomic mass is 14.9. The van der Waals surface area contributed by atoms with Gasteiger partial charge in [0.1, 0.15) is 0 Å². The Morgan fingerprint density at radius 3 is 1.90 bits per heavy atom. The van der Waals surface area contributed by atoms with Crippen LogP contribution in [0.5, 0.6) is 0 Å². The van der Waals surface area contributed by atoms with E-state index in [1.54, 1.807) is 0 Å². The largest absolute Gasteiger partial charge is 0.265 e. The van der Waals surface area contributed by atoms with Crippen LogP contribution in [0.4, 0.5) is 0 Å². The Bertz CT molecular complexity index is 696. The first kappa shape index (κ1) is 12.5. The molecule has 0 bridgehead atoms. The number of aryl methyl sites for hydroxylation is 2. The van der Waals surface area contributed by atoms with E-state index in [4.69, 9.17) is 0 Å². The molecular formula is C18H17N2+. The van der Waals surface area contributed by atoms with Gasteiger partial charge in [0, 0.05) is 35.7 Å². The van der Waals surface area contributed by atoms with Crippen molar-refractivity contribution in [2.75, 3.05) is 0 Å². The summed E-state index contributed by atoms with van der Waals surface area (Å²) in [6.07, 6.45) is 7.87. The van der Waals surface area contributed by atoms with Gasteiger partial charge < -0.3 is 0 Å². The van der Waals surface area contributed by atoms with E-state index in [1.165, 1.54) is 27.9 Å². The zero-order chi connectivity index (χ0) is 13.9. The second kappa shape index (κ2) is 5.25. The number of pyridine rings is 2. The average molecular weight is 261 g/mol. The molecule has 0 atom stereocenters. The van der Waals surface area contributed by atoms with Crippen molar-refractivity contribution in [2.45, 2.75) is 13.8 Å². The van der Waals surface area contributed by atoms with E-state index in [1.807, 2.05) is 24.5 Å². The van der Waals surface area contributed by atoms with Gasteiger partial charge in [0.2, 0.25) is 5.69 Å². The highest BCUT2D eigenvalue weighted by Gasteiger charge is 2.12. The zero-order valence-corrected chi connectivity index (χ0v) is 11.7. The van der Waals surface area contributed by atoms with Crippen LogP contribution in [-0.2, 0) is 0 Å². The van der Waals surface area contributed by atoms with Crippen LogP contribution >= 0.6 is 0 Å². The van der Waals surface area contributed by atoms with Gasteiger partial charge in [-0.05, 0) is 37.1 Å². The Hall–Kier alpha value is -2.48. The number of para-hydroxylation sites is 1. The van der Waals surface area contributed by atoms with Gasteiger partial charge in [0.25, 0.3) is 0 Å². The lowest BCUT2D eigenvalue weighted by atomic mass is 10.1. The minimum Gasteiger partial charge on any atom is -0.265 e. The van der Waals surface area contributed by atoms with Crippen molar-refractivity contribution < 1.29 is 4.57 Å². The van der Waals surface area contributed by atoms with Gasteiger partial charge in [0.15, 0.2) is 12.4 Å². The molecule has 0 amide bonds. The zero-order valence-electron chi connectivity index (χ0n) is 11.7. The molecular weight excluding hydrogens is 244 g/mol. The topological polar surface area (TPSA) is 16.8 Å². The first-order valence-electron chi connectivity index (χ1n) is 6.74. The normalized spacial score (nSPS) is 10.5. The number of aromatic nitrogens is 2. The summed E-state index contributed by atoms with van der Waals surface area (Å²) in [4.78, 5) is 4.05. The smallest absolute Gasteiger partial charge is 0.216 e. The summed E-state index contributed by atoms with van der Waals surface area (Å²) in [6.45, 7) is 4.29. The molecule has 0 saturated heterocycles. The molecule has 2 nitrogen and oxygen atoms in total. The van der Waals surface area contributed by atoms with E-state index in [-0.39, 0.29) is 0 Å². The highest BCUT2D eigenvalue weighted by Crippen LogP contribution is 2.18. The molecule has 0 saturated carbocycles. The lowest BCUT2D eigenvalue weighted by Crippen LogP contribution is -2.31. The van der Waals surface area contributed by atoms with Gasteiger partial charge >= 0.3 is 0 Å². The predicted molar refractivity (Wildman–Crippen MR) is 80.7 cm³/mol. The quantitative estimate of drug-likeness (QED) is 0.643. The summed E-state index contributed by atoms with van der Waals surface area (Å²) in [7, 11) is 0. The van der Waals surface area contributed by atoms with E-state index < -0.39 is 0 Å². The van der Waals surface area contributed by atoms with Crippen molar-refractivity contribution in [1.82, 2.24) is 4.98 Å². The minimum absolute atomic E-state index is 1.19. The number of nitrogens with zero attached hydrogens (tertiary/aromatic N) is 2. The Morgan fingerprint density at radius 1 is 0.750 bits per heavy atom. The Labute approximate surface area is 119 Å². The molecule has 2 heteroatoms. The van der Waals surface area contributed by atoms with Crippen LogP contribution in [0.15, 0.2) is 67.3 Å². The van der Waals surface area contributed by atoms with Crippen LogP contribution < -0.4 is 4.57 Å². The fourth-order valence-corrected chi connectivity index (χ4v) is 2.53. The Morgan fingerprint density at radius 2 is 1.30 bits per heavy atom. The summed E-state index contributed by atoms with van der Waals surface area (Å²) >= 11 is 0. The number of hydrogen-bond donors (Lipinski definition) is 0. The van der Waals surface area contributed by atoms with Gasteiger partial charge in [-0.15, -0.1) is 0 Å². The SMILES string of the molecule is Cc1cccc(C)c1-[n+]1ccc(-c2ccncc2)cc1. The maximum absolute atomic E-state index is 4.05. The van der Waals surface area contributed by atoms with Crippen molar-refractivity contribution in [2.24, 2.45) is 0 Å². The maximum Gasteiger partial charge on any atom is 0.216 e. The molecule has 20 heavy (non-hydrogen) atoms. The second-order valence-corrected chi connectivity index (χ2v) is 4.97. The van der Waals surface area contributed by atoms with Gasteiger partial charge in [0.05, 0.1) is 0 Å². The lowest BCUT2D eigenvalue weighted by Gasteiger charge is -2.05. The third kappa shape index (κ3) is 2.32. The third-order valence-corrected chi connectivity index (χ3v) is 3.54. The fraction of sp³-hybridized carbons (Fsp3) is 0.111. The molecule has 0 aliphatic heterocycles. The predicted octanol–water partition coefficient (Wildman–Crippen LogP) is 3.64. The van der Waals surface area contributed by atoms with E-state index in [9.17, 15) is 0 Å². The van der Waals surface area contributed by atoms with E-state index >= 15 is 0 Å². The Kier molecular flexibility index (Phi) is 3.30. The first-order chi connectivity index (χ1) is 9.75. The molecule has 0 radical (unpaired) electrons. The molecule has 0 spiro atoms. The van der Waals surface area contributed by atoms with E-state index in [2.05, 4.69) is 66.1 Å². The van der Waals surface area contributed by atoms with Crippen LogP contribution in [0.3, 0.4) is 0 Å². The molecule has 0 fully saturated rings. The first-order valence-corrected chi connectivity index (χ1v) is 6.74. The molecule has 0 aliphatic rings. The van der Waals surface area contributed by atoms with Gasteiger partial charge in [-0.1, -0.05) is 18.2 Å². The highest BCUT2D eigenvalue weighted by molar-refractivity contribution is 5.61. The third-order valence-electron chi connectivity index (χ3n) is 3.54. The van der Waals surface area contributed by atoms with Crippen molar-refractivity contribution >= 4 is 0 Å². The molecule has 3 aromatic rings. The number of benzene rings is 1. The maximum atomic E-state index is 4.05. The van der Waals surface area contributed by atoms with E-state index in [0.29, 0.717) is 0 Å². The molecule has 2 heterocycles. The van der Waals surface area contributed by atoms with E-state index in [0.717, 1.165) is 0 Å². The summed E-state index contributed by atoms with van der Waals surface area (Å²) in [6, 6.07) is 14.7. The molecule has 0 N–H and O–H groups in total. The molecule has 0 unspecified atom stereocenters. The average Bonchev–Trinajstić information content (AvgIpc) is 2.49. The molecule has 0 aliphatic carbocycles. The van der Waals surface area contributed by atoms with Crippen molar-refractivity contribution in [3.8, 4) is 16.8 Å². The van der Waals surface area contributed by atoms with Crippen LogP contribution in [0, 0.1) is 13.8 Å². The monoisotopic (exact) mass is 261 g/mol. The molecule has 3 rings (SSSR count). The Balaban J connectivity index is 2.02. The van der Waals surface area contributed by atoms with Crippen LogP contribution in [-0.4, -0.2) is 4.98 Å². The van der Waals surface area contributed by atoms with Crippen molar-refractivity contribution in [1.29, 1.82) is 0 Å². The molecule has 2 aromatic heterocycles.